The van der Waals surface area contributed by atoms with Gasteiger partial charge in [-0.3, -0.25) is 4.79 Å². The standard InChI is InChI=1S/C21H20N4O3/c1-13-7-14(2)9-17(8-13)24-20(26)15-11-22-21(23-12-15)25-16-3-4-18-19(10-16)28-6-5-27-18/h3-4,7-12H,5-6H2,1-2H3,(H,24,26)(H,22,23,25). The van der Waals surface area contributed by atoms with Gasteiger partial charge in [0.2, 0.25) is 5.95 Å². The van der Waals surface area contributed by atoms with Crippen LogP contribution in [0.15, 0.2) is 48.8 Å². The summed E-state index contributed by atoms with van der Waals surface area (Å²) in [5, 5.41) is 5.97. The quantitative estimate of drug-likeness (QED) is 0.719. The van der Waals surface area contributed by atoms with Crippen LogP contribution in [0, 0.1) is 13.8 Å². The Bertz CT molecular complexity index is 998. The lowest BCUT2D eigenvalue weighted by Crippen LogP contribution is -2.15. The van der Waals surface area contributed by atoms with E-state index in [4.69, 9.17) is 9.47 Å². The summed E-state index contributed by atoms with van der Waals surface area (Å²) in [4.78, 5) is 20.9. The van der Waals surface area contributed by atoms with Crippen molar-refractivity contribution in [2.75, 3.05) is 23.8 Å². The van der Waals surface area contributed by atoms with E-state index in [0.29, 0.717) is 30.5 Å². The monoisotopic (exact) mass is 376 g/mol. The molecule has 0 atom stereocenters. The summed E-state index contributed by atoms with van der Waals surface area (Å²) in [7, 11) is 0. The highest BCUT2D eigenvalue weighted by atomic mass is 16.6. The predicted molar refractivity (Wildman–Crippen MR) is 107 cm³/mol. The Hall–Kier alpha value is -3.61. The predicted octanol–water partition coefficient (Wildman–Crippen LogP) is 3.86. The van der Waals surface area contributed by atoms with Crippen molar-refractivity contribution in [1.29, 1.82) is 0 Å². The van der Waals surface area contributed by atoms with Crippen molar-refractivity contribution in [3.63, 3.8) is 0 Å². The number of benzene rings is 2. The van der Waals surface area contributed by atoms with Gasteiger partial charge in [0.1, 0.15) is 13.2 Å². The molecule has 1 aliphatic rings. The van der Waals surface area contributed by atoms with Gasteiger partial charge in [0.25, 0.3) is 5.91 Å². The Balaban J connectivity index is 1.44. The molecule has 0 spiro atoms. The van der Waals surface area contributed by atoms with Gasteiger partial charge in [-0.2, -0.15) is 0 Å². The van der Waals surface area contributed by atoms with Gasteiger partial charge >= 0.3 is 0 Å². The molecule has 0 unspecified atom stereocenters. The number of hydrogen-bond acceptors (Lipinski definition) is 6. The first-order valence-electron chi connectivity index (χ1n) is 8.95. The Labute approximate surface area is 162 Å². The zero-order valence-electron chi connectivity index (χ0n) is 15.7. The van der Waals surface area contributed by atoms with Gasteiger partial charge in [-0.05, 0) is 49.2 Å². The minimum Gasteiger partial charge on any atom is -0.486 e. The number of amides is 1. The number of nitrogens with one attached hydrogen (secondary N) is 2. The number of carbonyl (C=O) groups is 1. The van der Waals surface area contributed by atoms with Crippen LogP contribution >= 0.6 is 0 Å². The molecule has 4 rings (SSSR count). The maximum atomic E-state index is 12.4. The minimum atomic E-state index is -0.254. The molecular weight excluding hydrogens is 356 g/mol. The highest BCUT2D eigenvalue weighted by molar-refractivity contribution is 6.04. The van der Waals surface area contributed by atoms with Gasteiger partial charge in [-0.15, -0.1) is 0 Å². The van der Waals surface area contributed by atoms with Gasteiger partial charge < -0.3 is 20.1 Å². The van der Waals surface area contributed by atoms with Gasteiger partial charge in [0.15, 0.2) is 11.5 Å². The second kappa shape index (κ2) is 7.56. The first-order valence-corrected chi connectivity index (χ1v) is 8.95. The average molecular weight is 376 g/mol. The van der Waals surface area contributed by atoms with Crippen molar-refractivity contribution in [2.24, 2.45) is 0 Å². The van der Waals surface area contributed by atoms with E-state index in [0.717, 1.165) is 28.3 Å². The molecule has 1 aliphatic heterocycles. The third kappa shape index (κ3) is 4.03. The second-order valence-electron chi connectivity index (χ2n) is 6.61. The van der Waals surface area contributed by atoms with Crippen molar-refractivity contribution < 1.29 is 14.3 Å². The van der Waals surface area contributed by atoms with Crippen LogP contribution in [0.3, 0.4) is 0 Å². The van der Waals surface area contributed by atoms with Crippen LogP contribution in [0.5, 0.6) is 11.5 Å². The summed E-state index contributed by atoms with van der Waals surface area (Å²) in [5.74, 6) is 1.53. The molecule has 0 fully saturated rings. The number of carbonyl (C=O) groups excluding carboxylic acids is 1. The largest absolute Gasteiger partial charge is 0.486 e. The molecule has 0 aliphatic carbocycles. The summed E-state index contributed by atoms with van der Waals surface area (Å²) in [5.41, 5.74) is 4.08. The summed E-state index contributed by atoms with van der Waals surface area (Å²) in [6, 6.07) is 11.4. The number of anilines is 3. The van der Waals surface area contributed by atoms with E-state index in [-0.39, 0.29) is 5.91 Å². The molecule has 0 radical (unpaired) electrons. The number of aromatic nitrogens is 2. The van der Waals surface area contributed by atoms with Crippen LogP contribution in [0.4, 0.5) is 17.3 Å². The molecule has 142 valence electrons. The average Bonchev–Trinajstić information content (AvgIpc) is 2.67. The fourth-order valence-electron chi connectivity index (χ4n) is 3.01. The number of aryl methyl sites for hydroxylation is 2. The molecular formula is C21H20N4O3. The fourth-order valence-corrected chi connectivity index (χ4v) is 3.01. The molecule has 3 aromatic rings. The number of fused-ring (bicyclic) bond motifs is 1. The van der Waals surface area contributed by atoms with Gasteiger partial charge in [-0.25, -0.2) is 9.97 Å². The molecule has 0 saturated carbocycles. The lowest BCUT2D eigenvalue weighted by molar-refractivity contribution is 0.102. The zero-order chi connectivity index (χ0) is 19.5. The molecule has 0 bridgehead atoms. The van der Waals surface area contributed by atoms with E-state index in [1.807, 2.05) is 44.2 Å². The summed E-state index contributed by atoms with van der Waals surface area (Å²) in [6.45, 7) is 5.06. The van der Waals surface area contributed by atoms with Crippen LogP contribution in [0.2, 0.25) is 0 Å². The Kier molecular flexibility index (Phi) is 4.80. The van der Waals surface area contributed by atoms with Crippen LogP contribution in [0.25, 0.3) is 0 Å². The summed E-state index contributed by atoms with van der Waals surface area (Å²) >= 11 is 0. The van der Waals surface area contributed by atoms with Crippen LogP contribution < -0.4 is 20.1 Å². The first kappa shape index (κ1) is 17.8. The number of nitrogens with zero attached hydrogens (tertiary/aromatic N) is 2. The normalized spacial score (nSPS) is 12.4. The molecule has 0 saturated heterocycles. The van der Waals surface area contributed by atoms with Gasteiger partial charge in [0.05, 0.1) is 5.56 Å². The minimum absolute atomic E-state index is 0.254. The Morgan fingerprint density at radius 3 is 2.29 bits per heavy atom. The van der Waals surface area contributed by atoms with E-state index < -0.39 is 0 Å². The maximum absolute atomic E-state index is 12.4. The molecule has 28 heavy (non-hydrogen) atoms. The van der Waals surface area contributed by atoms with Gasteiger partial charge in [-0.1, -0.05) is 6.07 Å². The van der Waals surface area contributed by atoms with Crippen molar-refractivity contribution in [1.82, 2.24) is 9.97 Å². The summed E-state index contributed by atoms with van der Waals surface area (Å²) in [6.07, 6.45) is 2.98. The van der Waals surface area contributed by atoms with E-state index in [2.05, 4.69) is 26.7 Å². The third-order valence-corrected chi connectivity index (χ3v) is 4.19. The van der Waals surface area contributed by atoms with Crippen LogP contribution in [0.1, 0.15) is 21.5 Å². The highest BCUT2D eigenvalue weighted by Crippen LogP contribution is 2.33. The van der Waals surface area contributed by atoms with E-state index in [9.17, 15) is 4.79 Å². The second-order valence-corrected chi connectivity index (χ2v) is 6.61. The fraction of sp³-hybridized carbons (Fsp3) is 0.190. The first-order chi connectivity index (χ1) is 13.6. The third-order valence-electron chi connectivity index (χ3n) is 4.19. The van der Waals surface area contributed by atoms with Crippen molar-refractivity contribution in [3.8, 4) is 11.5 Å². The number of ether oxygens (including phenoxy) is 2. The van der Waals surface area contributed by atoms with E-state index in [1.165, 1.54) is 12.4 Å². The van der Waals surface area contributed by atoms with Crippen LogP contribution in [-0.4, -0.2) is 29.1 Å². The molecule has 2 heterocycles. The SMILES string of the molecule is Cc1cc(C)cc(NC(=O)c2cnc(Nc3ccc4c(c3)OCCO4)nc2)c1. The Morgan fingerprint density at radius 2 is 1.57 bits per heavy atom. The smallest absolute Gasteiger partial charge is 0.258 e. The highest BCUT2D eigenvalue weighted by Gasteiger charge is 2.13. The number of hydrogen-bond donors (Lipinski definition) is 2. The van der Waals surface area contributed by atoms with Crippen molar-refractivity contribution >= 4 is 23.2 Å². The number of rotatable bonds is 4. The lowest BCUT2D eigenvalue weighted by atomic mass is 10.1. The molecule has 2 aromatic carbocycles. The van der Waals surface area contributed by atoms with Gasteiger partial charge in [0, 0.05) is 29.8 Å². The summed E-state index contributed by atoms with van der Waals surface area (Å²) < 4.78 is 11.1. The van der Waals surface area contributed by atoms with Crippen LogP contribution in [-0.2, 0) is 0 Å². The van der Waals surface area contributed by atoms with E-state index >= 15 is 0 Å². The topological polar surface area (TPSA) is 85.4 Å². The molecule has 7 heteroatoms. The molecule has 1 aromatic heterocycles. The maximum Gasteiger partial charge on any atom is 0.258 e. The molecule has 7 nitrogen and oxygen atoms in total. The molecule has 1 amide bonds. The van der Waals surface area contributed by atoms with Crippen molar-refractivity contribution in [2.45, 2.75) is 13.8 Å². The molecule has 2 N–H and O–H groups in total. The van der Waals surface area contributed by atoms with Crippen molar-refractivity contribution in [3.05, 3.63) is 65.5 Å². The zero-order valence-corrected chi connectivity index (χ0v) is 15.7. The lowest BCUT2D eigenvalue weighted by Gasteiger charge is -2.19. The Morgan fingerprint density at radius 1 is 0.893 bits per heavy atom. The van der Waals surface area contributed by atoms with E-state index in [1.54, 1.807) is 0 Å².